The first-order valence-electron chi connectivity index (χ1n) is 6.23. The van der Waals surface area contributed by atoms with Gasteiger partial charge in [0.2, 0.25) is 0 Å². The molecule has 0 fully saturated rings. The van der Waals surface area contributed by atoms with Gasteiger partial charge >= 0.3 is 6.03 Å². The minimum Gasteiger partial charge on any atom is -0.338 e. The second kappa shape index (κ2) is 8.22. The number of amides is 3. The van der Waals surface area contributed by atoms with Gasteiger partial charge in [0, 0.05) is 24.5 Å². The molecule has 18 heavy (non-hydrogen) atoms. The average molecular weight is 249 g/mol. The van der Waals surface area contributed by atoms with Gasteiger partial charge < -0.3 is 5.32 Å². The van der Waals surface area contributed by atoms with Crippen LogP contribution in [0.25, 0.3) is 0 Å². The van der Waals surface area contributed by atoms with Crippen LogP contribution in [0, 0.1) is 0 Å². The number of hydrogen-bond donors (Lipinski definition) is 2. The van der Waals surface area contributed by atoms with Gasteiger partial charge in [-0.15, -0.1) is 0 Å². The molecule has 0 aromatic carbocycles. The molecular weight excluding hydrogens is 230 g/mol. The van der Waals surface area contributed by atoms with E-state index in [2.05, 4.69) is 22.5 Å². The van der Waals surface area contributed by atoms with Gasteiger partial charge in [-0.1, -0.05) is 26.2 Å². The summed E-state index contributed by atoms with van der Waals surface area (Å²) in [7, 11) is 0. The molecule has 1 aromatic rings. The molecular formula is C13H19N3O2. The van der Waals surface area contributed by atoms with E-state index in [0.717, 1.165) is 19.3 Å². The SMILES string of the molecule is CCCCCCNC(=O)NC(=O)c1ccncc1. The summed E-state index contributed by atoms with van der Waals surface area (Å²) >= 11 is 0. The highest BCUT2D eigenvalue weighted by Crippen LogP contribution is 1.97. The van der Waals surface area contributed by atoms with E-state index in [1.165, 1.54) is 18.8 Å². The molecule has 98 valence electrons. The summed E-state index contributed by atoms with van der Waals surface area (Å²) < 4.78 is 0. The van der Waals surface area contributed by atoms with Crippen molar-refractivity contribution < 1.29 is 9.59 Å². The van der Waals surface area contributed by atoms with E-state index in [1.54, 1.807) is 12.1 Å². The Balaban J connectivity index is 2.22. The molecule has 0 atom stereocenters. The molecule has 3 amide bonds. The van der Waals surface area contributed by atoms with Crippen LogP contribution >= 0.6 is 0 Å². The van der Waals surface area contributed by atoms with Gasteiger partial charge in [-0.2, -0.15) is 0 Å². The van der Waals surface area contributed by atoms with Crippen LogP contribution in [0.1, 0.15) is 43.0 Å². The highest BCUT2D eigenvalue weighted by atomic mass is 16.2. The lowest BCUT2D eigenvalue weighted by molar-refractivity contribution is 0.0964. The fourth-order valence-corrected chi connectivity index (χ4v) is 1.48. The lowest BCUT2D eigenvalue weighted by atomic mass is 10.2. The number of urea groups is 1. The molecule has 0 aliphatic heterocycles. The lowest BCUT2D eigenvalue weighted by Crippen LogP contribution is -2.39. The van der Waals surface area contributed by atoms with Crippen LogP contribution in [0.4, 0.5) is 4.79 Å². The van der Waals surface area contributed by atoms with Crippen LogP contribution in [0.5, 0.6) is 0 Å². The van der Waals surface area contributed by atoms with Crippen molar-refractivity contribution >= 4 is 11.9 Å². The van der Waals surface area contributed by atoms with E-state index >= 15 is 0 Å². The maximum absolute atomic E-state index is 11.6. The number of aromatic nitrogens is 1. The maximum atomic E-state index is 11.6. The summed E-state index contributed by atoms with van der Waals surface area (Å²) in [4.78, 5) is 26.8. The quantitative estimate of drug-likeness (QED) is 0.758. The molecule has 1 rings (SSSR count). The van der Waals surface area contributed by atoms with Crippen LogP contribution in [-0.2, 0) is 0 Å². The fourth-order valence-electron chi connectivity index (χ4n) is 1.48. The molecule has 0 unspecified atom stereocenters. The largest absolute Gasteiger partial charge is 0.338 e. The molecule has 1 aromatic heterocycles. The molecule has 0 bridgehead atoms. The summed E-state index contributed by atoms with van der Waals surface area (Å²) in [5, 5.41) is 4.93. The Morgan fingerprint density at radius 3 is 2.56 bits per heavy atom. The third-order valence-corrected chi connectivity index (χ3v) is 2.49. The Labute approximate surface area is 107 Å². The predicted molar refractivity (Wildman–Crippen MR) is 69.2 cm³/mol. The van der Waals surface area contributed by atoms with E-state index in [4.69, 9.17) is 0 Å². The van der Waals surface area contributed by atoms with Gasteiger partial charge in [0.05, 0.1) is 0 Å². The highest BCUT2D eigenvalue weighted by Gasteiger charge is 2.08. The third-order valence-electron chi connectivity index (χ3n) is 2.49. The molecule has 0 radical (unpaired) electrons. The van der Waals surface area contributed by atoms with Crippen LogP contribution in [0.15, 0.2) is 24.5 Å². The monoisotopic (exact) mass is 249 g/mol. The maximum Gasteiger partial charge on any atom is 0.321 e. The molecule has 0 spiro atoms. The Hall–Kier alpha value is -1.91. The normalized spacial score (nSPS) is 9.83. The molecule has 5 nitrogen and oxygen atoms in total. The van der Waals surface area contributed by atoms with Crippen LogP contribution in [-0.4, -0.2) is 23.5 Å². The minimum atomic E-state index is -0.451. The molecule has 0 aliphatic carbocycles. The summed E-state index contributed by atoms with van der Waals surface area (Å²) in [5.74, 6) is -0.413. The number of carbonyl (C=O) groups is 2. The molecule has 0 saturated carbocycles. The first-order chi connectivity index (χ1) is 8.74. The minimum absolute atomic E-state index is 0.413. The van der Waals surface area contributed by atoms with Crippen molar-refractivity contribution in [2.24, 2.45) is 0 Å². The Kier molecular flexibility index (Phi) is 6.46. The first-order valence-corrected chi connectivity index (χ1v) is 6.23. The van der Waals surface area contributed by atoms with Gasteiger partial charge in [-0.25, -0.2) is 4.79 Å². The standard InChI is InChI=1S/C13H19N3O2/c1-2-3-4-5-8-15-13(18)16-12(17)11-6-9-14-10-7-11/h6-7,9-10H,2-5,8H2,1H3,(H2,15,16,17,18). The van der Waals surface area contributed by atoms with Gasteiger partial charge in [0.1, 0.15) is 0 Å². The van der Waals surface area contributed by atoms with Gasteiger partial charge in [0.25, 0.3) is 5.91 Å². The number of rotatable bonds is 6. The lowest BCUT2D eigenvalue weighted by Gasteiger charge is -2.06. The number of hydrogen-bond acceptors (Lipinski definition) is 3. The van der Waals surface area contributed by atoms with Gasteiger partial charge in [-0.3, -0.25) is 15.1 Å². The average Bonchev–Trinajstić information content (AvgIpc) is 2.39. The van der Waals surface area contributed by atoms with Crippen molar-refractivity contribution in [1.82, 2.24) is 15.6 Å². The second-order valence-electron chi connectivity index (χ2n) is 4.01. The van der Waals surface area contributed by atoms with Crippen molar-refractivity contribution in [1.29, 1.82) is 0 Å². The van der Waals surface area contributed by atoms with Crippen LogP contribution in [0.2, 0.25) is 0 Å². The van der Waals surface area contributed by atoms with E-state index in [-0.39, 0.29) is 0 Å². The number of nitrogens with zero attached hydrogens (tertiary/aromatic N) is 1. The number of imide groups is 1. The van der Waals surface area contributed by atoms with E-state index in [9.17, 15) is 9.59 Å². The zero-order chi connectivity index (χ0) is 13.2. The zero-order valence-electron chi connectivity index (χ0n) is 10.6. The summed E-state index contributed by atoms with van der Waals surface area (Å²) in [6.07, 6.45) is 7.38. The zero-order valence-corrected chi connectivity index (χ0v) is 10.6. The number of unbranched alkanes of at least 4 members (excludes halogenated alkanes) is 3. The second-order valence-corrected chi connectivity index (χ2v) is 4.01. The molecule has 1 heterocycles. The summed E-state index contributed by atoms with van der Waals surface area (Å²) in [6.45, 7) is 2.73. The van der Waals surface area contributed by atoms with Crippen molar-refractivity contribution in [2.45, 2.75) is 32.6 Å². The summed E-state index contributed by atoms with van der Waals surface area (Å²) in [6, 6.07) is 2.67. The molecule has 0 aliphatic rings. The van der Waals surface area contributed by atoms with Gasteiger partial charge in [0.15, 0.2) is 0 Å². The van der Waals surface area contributed by atoms with E-state index < -0.39 is 11.9 Å². The Morgan fingerprint density at radius 2 is 1.89 bits per heavy atom. The topological polar surface area (TPSA) is 71.1 Å². The Morgan fingerprint density at radius 1 is 1.17 bits per heavy atom. The molecule has 0 saturated heterocycles. The van der Waals surface area contributed by atoms with Crippen molar-refractivity contribution in [3.05, 3.63) is 30.1 Å². The fraction of sp³-hybridized carbons (Fsp3) is 0.462. The molecule has 5 heteroatoms. The molecule has 2 N–H and O–H groups in total. The van der Waals surface area contributed by atoms with E-state index in [0.29, 0.717) is 12.1 Å². The highest BCUT2D eigenvalue weighted by molar-refractivity contribution is 6.04. The number of carbonyl (C=O) groups excluding carboxylic acids is 2. The van der Waals surface area contributed by atoms with Crippen molar-refractivity contribution in [3.8, 4) is 0 Å². The number of nitrogens with one attached hydrogen (secondary N) is 2. The number of pyridine rings is 1. The van der Waals surface area contributed by atoms with Crippen molar-refractivity contribution in [3.63, 3.8) is 0 Å². The van der Waals surface area contributed by atoms with E-state index in [1.807, 2.05) is 0 Å². The summed E-state index contributed by atoms with van der Waals surface area (Å²) in [5.41, 5.74) is 0.422. The van der Waals surface area contributed by atoms with Gasteiger partial charge in [-0.05, 0) is 18.6 Å². The van der Waals surface area contributed by atoms with Crippen LogP contribution in [0.3, 0.4) is 0 Å². The smallest absolute Gasteiger partial charge is 0.321 e. The first kappa shape index (κ1) is 14.2. The van der Waals surface area contributed by atoms with Crippen LogP contribution < -0.4 is 10.6 Å². The predicted octanol–water partition coefficient (Wildman–Crippen LogP) is 2.10. The van der Waals surface area contributed by atoms with Crippen molar-refractivity contribution in [2.75, 3.05) is 6.54 Å². The third kappa shape index (κ3) is 5.43. The Bertz CT molecular complexity index is 379.